The molecule has 1 aromatic rings. The van der Waals surface area contributed by atoms with Gasteiger partial charge in [0.05, 0.1) is 0 Å². The third-order valence-corrected chi connectivity index (χ3v) is 4.47. The van der Waals surface area contributed by atoms with E-state index in [1.165, 1.54) is 5.56 Å². The second kappa shape index (κ2) is 5.96. The molecule has 1 saturated heterocycles. The van der Waals surface area contributed by atoms with Crippen LogP contribution in [-0.4, -0.2) is 55.6 Å². The van der Waals surface area contributed by atoms with Gasteiger partial charge in [-0.1, -0.05) is 0 Å². The van der Waals surface area contributed by atoms with Crippen molar-refractivity contribution in [1.82, 2.24) is 9.80 Å². The molecule has 2 unspecified atom stereocenters. The summed E-state index contributed by atoms with van der Waals surface area (Å²) in [6, 6.07) is 2.99. The Bertz CT molecular complexity index is 325. The maximum Gasteiger partial charge on any atom is 0.0371 e. The lowest BCUT2D eigenvalue weighted by atomic mass is 9.98. The van der Waals surface area contributed by atoms with E-state index in [0.29, 0.717) is 6.04 Å². The molecule has 0 aliphatic carbocycles. The summed E-state index contributed by atoms with van der Waals surface area (Å²) in [5.41, 5.74) is 7.78. The van der Waals surface area contributed by atoms with Crippen molar-refractivity contribution < 1.29 is 0 Å². The summed E-state index contributed by atoms with van der Waals surface area (Å²) in [6.07, 6.45) is 2.19. The lowest BCUT2D eigenvalue weighted by molar-refractivity contribution is 0.0954. The van der Waals surface area contributed by atoms with Crippen molar-refractivity contribution in [2.24, 2.45) is 5.73 Å². The Morgan fingerprint density at radius 2 is 2.29 bits per heavy atom. The van der Waals surface area contributed by atoms with Crippen molar-refractivity contribution in [2.45, 2.75) is 24.9 Å². The first-order valence-electron chi connectivity index (χ1n) is 6.32. The molecule has 4 heteroatoms. The largest absolute Gasteiger partial charge is 0.326 e. The first-order chi connectivity index (χ1) is 8.16. The third-order valence-electron chi connectivity index (χ3n) is 3.74. The van der Waals surface area contributed by atoms with Crippen LogP contribution in [0.25, 0.3) is 0 Å². The number of nitrogens with zero attached hydrogens (tertiary/aromatic N) is 2. The highest BCUT2D eigenvalue weighted by Gasteiger charge is 2.27. The molecule has 1 aromatic heterocycles. The van der Waals surface area contributed by atoms with Crippen molar-refractivity contribution in [3.05, 3.63) is 22.4 Å². The van der Waals surface area contributed by atoms with Crippen LogP contribution in [0, 0.1) is 0 Å². The van der Waals surface area contributed by atoms with Crippen LogP contribution in [0.3, 0.4) is 0 Å². The summed E-state index contributed by atoms with van der Waals surface area (Å²) in [6.45, 7) is 3.39. The lowest BCUT2D eigenvalue weighted by Crippen LogP contribution is -2.57. The second-order valence-electron chi connectivity index (χ2n) is 5.14. The van der Waals surface area contributed by atoms with Gasteiger partial charge in [0.2, 0.25) is 0 Å². The molecule has 0 bridgehead atoms. The maximum atomic E-state index is 6.35. The number of hydrogen-bond acceptors (Lipinski definition) is 4. The van der Waals surface area contributed by atoms with Gasteiger partial charge >= 0.3 is 0 Å². The van der Waals surface area contributed by atoms with E-state index < -0.39 is 0 Å². The number of piperazine rings is 1. The fraction of sp³-hybridized carbons (Fsp3) is 0.692. The monoisotopic (exact) mass is 253 g/mol. The number of likely N-dealkylation sites (N-methyl/N-ethyl adjacent to an activating group) is 2. The molecular formula is C13H23N3S. The molecule has 2 heterocycles. The SMILES string of the molecule is CN1CCN(C)C(C(N)CCc2ccsc2)C1. The van der Waals surface area contributed by atoms with Gasteiger partial charge in [-0.25, -0.2) is 0 Å². The Labute approximate surface area is 108 Å². The summed E-state index contributed by atoms with van der Waals surface area (Å²) >= 11 is 1.77. The Morgan fingerprint density at radius 3 is 3.00 bits per heavy atom. The van der Waals surface area contributed by atoms with E-state index in [0.717, 1.165) is 32.5 Å². The molecule has 0 radical (unpaired) electrons. The number of nitrogens with two attached hydrogens (primary N) is 1. The highest BCUT2D eigenvalue weighted by molar-refractivity contribution is 7.07. The van der Waals surface area contributed by atoms with Crippen LogP contribution in [0.2, 0.25) is 0 Å². The van der Waals surface area contributed by atoms with Gasteiger partial charge in [-0.3, -0.25) is 4.90 Å². The van der Waals surface area contributed by atoms with E-state index in [1.54, 1.807) is 11.3 Å². The number of hydrogen-bond donors (Lipinski definition) is 1. The van der Waals surface area contributed by atoms with Gasteiger partial charge in [0, 0.05) is 31.7 Å². The van der Waals surface area contributed by atoms with Crippen LogP contribution >= 0.6 is 11.3 Å². The van der Waals surface area contributed by atoms with Gasteiger partial charge in [0.1, 0.15) is 0 Å². The minimum Gasteiger partial charge on any atom is -0.326 e. The number of rotatable bonds is 4. The van der Waals surface area contributed by atoms with Crippen molar-refractivity contribution in [3.8, 4) is 0 Å². The molecule has 2 rings (SSSR count). The predicted molar refractivity (Wildman–Crippen MR) is 74.5 cm³/mol. The van der Waals surface area contributed by atoms with Crippen molar-refractivity contribution in [3.63, 3.8) is 0 Å². The molecule has 1 aliphatic rings. The summed E-state index contributed by atoms with van der Waals surface area (Å²) < 4.78 is 0. The molecule has 0 spiro atoms. The normalized spacial score (nSPS) is 25.0. The zero-order chi connectivity index (χ0) is 12.3. The zero-order valence-electron chi connectivity index (χ0n) is 10.8. The average molecular weight is 253 g/mol. The molecule has 0 amide bonds. The van der Waals surface area contributed by atoms with Crippen molar-refractivity contribution >= 4 is 11.3 Å². The summed E-state index contributed by atoms with van der Waals surface area (Å²) in [5, 5.41) is 4.37. The van der Waals surface area contributed by atoms with Crippen LogP contribution < -0.4 is 5.73 Å². The van der Waals surface area contributed by atoms with Crippen LogP contribution in [0.15, 0.2) is 16.8 Å². The van der Waals surface area contributed by atoms with E-state index in [4.69, 9.17) is 5.73 Å². The van der Waals surface area contributed by atoms with Gasteiger partial charge in [0.15, 0.2) is 0 Å². The molecule has 1 aliphatic heterocycles. The molecule has 0 saturated carbocycles. The van der Waals surface area contributed by atoms with E-state index >= 15 is 0 Å². The highest BCUT2D eigenvalue weighted by Crippen LogP contribution is 2.14. The molecule has 3 nitrogen and oxygen atoms in total. The molecular weight excluding hydrogens is 230 g/mol. The average Bonchev–Trinajstić information content (AvgIpc) is 2.82. The van der Waals surface area contributed by atoms with Crippen LogP contribution in [0.1, 0.15) is 12.0 Å². The number of aryl methyl sites for hydroxylation is 1. The van der Waals surface area contributed by atoms with E-state index in [-0.39, 0.29) is 6.04 Å². The van der Waals surface area contributed by atoms with Crippen molar-refractivity contribution in [2.75, 3.05) is 33.7 Å². The van der Waals surface area contributed by atoms with E-state index in [9.17, 15) is 0 Å². The first kappa shape index (κ1) is 13.0. The van der Waals surface area contributed by atoms with Crippen molar-refractivity contribution in [1.29, 1.82) is 0 Å². The van der Waals surface area contributed by atoms with Crippen LogP contribution in [-0.2, 0) is 6.42 Å². The molecule has 2 N–H and O–H groups in total. The lowest BCUT2D eigenvalue weighted by Gasteiger charge is -2.40. The Hall–Kier alpha value is -0.420. The summed E-state index contributed by atoms with van der Waals surface area (Å²) in [5.74, 6) is 0. The molecule has 2 atom stereocenters. The smallest absolute Gasteiger partial charge is 0.0371 e. The maximum absolute atomic E-state index is 6.35. The topological polar surface area (TPSA) is 32.5 Å². The third kappa shape index (κ3) is 3.52. The Kier molecular flexibility index (Phi) is 4.56. The fourth-order valence-electron chi connectivity index (χ4n) is 2.47. The van der Waals surface area contributed by atoms with Gasteiger partial charge in [-0.2, -0.15) is 11.3 Å². The van der Waals surface area contributed by atoms with Gasteiger partial charge < -0.3 is 10.6 Å². The summed E-state index contributed by atoms with van der Waals surface area (Å²) in [4.78, 5) is 4.80. The minimum absolute atomic E-state index is 0.280. The van der Waals surface area contributed by atoms with Gasteiger partial charge in [-0.05, 0) is 49.3 Å². The standard InChI is InChI=1S/C13H23N3S/c1-15-6-7-16(2)13(9-15)12(14)4-3-11-5-8-17-10-11/h5,8,10,12-13H,3-4,6-7,9,14H2,1-2H3. The van der Waals surface area contributed by atoms with E-state index in [2.05, 4.69) is 40.7 Å². The number of thiophene rings is 1. The van der Waals surface area contributed by atoms with Gasteiger partial charge in [-0.15, -0.1) is 0 Å². The minimum atomic E-state index is 0.280. The first-order valence-corrected chi connectivity index (χ1v) is 7.26. The van der Waals surface area contributed by atoms with Gasteiger partial charge in [0.25, 0.3) is 0 Å². The Balaban J connectivity index is 1.83. The second-order valence-corrected chi connectivity index (χ2v) is 5.92. The quantitative estimate of drug-likeness (QED) is 0.877. The zero-order valence-corrected chi connectivity index (χ0v) is 11.6. The van der Waals surface area contributed by atoms with E-state index in [1.807, 2.05) is 0 Å². The molecule has 96 valence electrons. The summed E-state index contributed by atoms with van der Waals surface area (Å²) in [7, 11) is 4.38. The molecule has 0 aromatic carbocycles. The Morgan fingerprint density at radius 1 is 1.47 bits per heavy atom. The molecule has 1 fully saturated rings. The van der Waals surface area contributed by atoms with Crippen LogP contribution in [0.4, 0.5) is 0 Å². The van der Waals surface area contributed by atoms with Crippen LogP contribution in [0.5, 0.6) is 0 Å². The fourth-order valence-corrected chi connectivity index (χ4v) is 3.17. The molecule has 17 heavy (non-hydrogen) atoms. The highest BCUT2D eigenvalue weighted by atomic mass is 32.1. The predicted octanol–water partition coefficient (Wildman–Crippen LogP) is 1.25.